The standard InChI is InChI=1S/C15H14N4/c1-2-5-12(6-3-1)13-11-15(18-9-4-10-18)19-14(17-13)7-8-16-19/h1-3,5-8,11H,4,9-10H2. The molecule has 0 N–H and O–H groups in total. The van der Waals surface area contributed by atoms with Gasteiger partial charge in [0.2, 0.25) is 0 Å². The monoisotopic (exact) mass is 250 g/mol. The normalized spacial score (nSPS) is 14.6. The van der Waals surface area contributed by atoms with Gasteiger partial charge >= 0.3 is 0 Å². The van der Waals surface area contributed by atoms with Crippen molar-refractivity contribution in [3.05, 3.63) is 48.7 Å². The molecule has 4 nitrogen and oxygen atoms in total. The lowest BCUT2D eigenvalue weighted by Crippen LogP contribution is -2.38. The Morgan fingerprint density at radius 2 is 1.84 bits per heavy atom. The first-order valence-corrected chi connectivity index (χ1v) is 6.57. The molecule has 0 unspecified atom stereocenters. The highest BCUT2D eigenvalue weighted by Gasteiger charge is 2.19. The number of benzene rings is 1. The van der Waals surface area contributed by atoms with Gasteiger partial charge in [0.05, 0.1) is 11.9 Å². The van der Waals surface area contributed by atoms with Gasteiger partial charge in [-0.25, -0.2) is 4.98 Å². The van der Waals surface area contributed by atoms with E-state index in [1.807, 2.05) is 28.8 Å². The second-order valence-corrected chi connectivity index (χ2v) is 4.81. The fourth-order valence-electron chi connectivity index (χ4n) is 2.42. The van der Waals surface area contributed by atoms with Crippen LogP contribution in [-0.4, -0.2) is 27.7 Å². The molecule has 4 heteroatoms. The number of anilines is 1. The zero-order valence-corrected chi connectivity index (χ0v) is 10.5. The number of nitrogens with zero attached hydrogens (tertiary/aromatic N) is 4. The first kappa shape index (κ1) is 10.6. The van der Waals surface area contributed by atoms with E-state index in [0.717, 1.165) is 35.8 Å². The Bertz CT molecular complexity index is 713. The fraction of sp³-hybridized carbons (Fsp3) is 0.200. The molecule has 2 aromatic heterocycles. The van der Waals surface area contributed by atoms with E-state index < -0.39 is 0 Å². The highest BCUT2D eigenvalue weighted by atomic mass is 15.4. The minimum absolute atomic E-state index is 0.906. The van der Waals surface area contributed by atoms with Gasteiger partial charge in [-0.05, 0) is 6.42 Å². The molecule has 0 aliphatic carbocycles. The second-order valence-electron chi connectivity index (χ2n) is 4.81. The predicted molar refractivity (Wildman–Crippen MR) is 75.3 cm³/mol. The maximum atomic E-state index is 4.68. The van der Waals surface area contributed by atoms with Crippen LogP contribution in [0.15, 0.2) is 48.7 Å². The molecule has 1 saturated heterocycles. The molecule has 1 aromatic carbocycles. The van der Waals surface area contributed by atoms with Crippen molar-refractivity contribution >= 4 is 11.5 Å². The second kappa shape index (κ2) is 4.09. The summed E-state index contributed by atoms with van der Waals surface area (Å²) in [7, 11) is 0. The third kappa shape index (κ3) is 1.68. The van der Waals surface area contributed by atoms with Crippen LogP contribution in [0.25, 0.3) is 16.9 Å². The zero-order valence-electron chi connectivity index (χ0n) is 10.5. The summed E-state index contributed by atoms with van der Waals surface area (Å²) in [6.07, 6.45) is 3.06. The van der Waals surface area contributed by atoms with Gasteiger partial charge in [-0.1, -0.05) is 30.3 Å². The van der Waals surface area contributed by atoms with Crippen LogP contribution >= 0.6 is 0 Å². The Kier molecular flexibility index (Phi) is 2.27. The Balaban J connectivity index is 1.92. The molecule has 0 amide bonds. The van der Waals surface area contributed by atoms with Crippen LogP contribution in [0.2, 0.25) is 0 Å². The highest BCUT2D eigenvalue weighted by Crippen LogP contribution is 2.26. The number of hydrogen-bond acceptors (Lipinski definition) is 3. The van der Waals surface area contributed by atoms with E-state index in [-0.39, 0.29) is 0 Å². The lowest BCUT2D eigenvalue weighted by atomic mass is 10.1. The van der Waals surface area contributed by atoms with E-state index in [1.54, 1.807) is 6.20 Å². The van der Waals surface area contributed by atoms with Crippen LogP contribution in [0.3, 0.4) is 0 Å². The van der Waals surface area contributed by atoms with Crippen LogP contribution in [0.1, 0.15) is 6.42 Å². The highest BCUT2D eigenvalue weighted by molar-refractivity contribution is 5.67. The summed E-state index contributed by atoms with van der Waals surface area (Å²) >= 11 is 0. The molecule has 1 aliphatic heterocycles. The van der Waals surface area contributed by atoms with Gasteiger partial charge in [-0.3, -0.25) is 0 Å². The quantitative estimate of drug-likeness (QED) is 0.701. The molecule has 4 rings (SSSR count). The molecular formula is C15H14N4. The topological polar surface area (TPSA) is 33.4 Å². The molecule has 0 atom stereocenters. The SMILES string of the molecule is c1ccc(-c2cc(N3CCC3)n3nccc3n2)cc1. The van der Waals surface area contributed by atoms with Gasteiger partial charge < -0.3 is 4.90 Å². The first-order valence-electron chi connectivity index (χ1n) is 6.57. The van der Waals surface area contributed by atoms with Crippen LogP contribution < -0.4 is 4.90 Å². The average Bonchev–Trinajstić information content (AvgIpc) is 2.86. The van der Waals surface area contributed by atoms with Crippen molar-refractivity contribution in [1.29, 1.82) is 0 Å². The van der Waals surface area contributed by atoms with E-state index in [0.29, 0.717) is 0 Å². The van der Waals surface area contributed by atoms with Crippen molar-refractivity contribution < 1.29 is 0 Å². The van der Waals surface area contributed by atoms with Crippen molar-refractivity contribution in [2.24, 2.45) is 0 Å². The van der Waals surface area contributed by atoms with Gasteiger partial charge in [0.25, 0.3) is 0 Å². The molecule has 94 valence electrons. The van der Waals surface area contributed by atoms with Gasteiger partial charge in [0.15, 0.2) is 5.65 Å². The molecule has 0 saturated carbocycles. The molecule has 0 spiro atoms. The molecule has 1 aliphatic rings. The molecule has 3 heterocycles. The molecule has 1 fully saturated rings. The smallest absolute Gasteiger partial charge is 0.157 e. The van der Waals surface area contributed by atoms with E-state index in [9.17, 15) is 0 Å². The summed E-state index contributed by atoms with van der Waals surface area (Å²) in [5.74, 6) is 1.14. The minimum Gasteiger partial charge on any atom is -0.356 e. The summed E-state index contributed by atoms with van der Waals surface area (Å²) in [5, 5.41) is 4.37. The summed E-state index contributed by atoms with van der Waals surface area (Å²) < 4.78 is 1.92. The number of aromatic nitrogens is 3. The fourth-order valence-corrected chi connectivity index (χ4v) is 2.42. The van der Waals surface area contributed by atoms with Crippen molar-refractivity contribution in [2.75, 3.05) is 18.0 Å². The predicted octanol–water partition coefficient (Wildman–Crippen LogP) is 2.61. The molecule has 0 bridgehead atoms. The van der Waals surface area contributed by atoms with E-state index >= 15 is 0 Å². The van der Waals surface area contributed by atoms with Gasteiger partial charge in [0, 0.05) is 30.8 Å². The van der Waals surface area contributed by atoms with Crippen LogP contribution in [0.4, 0.5) is 5.82 Å². The Morgan fingerprint density at radius 3 is 2.58 bits per heavy atom. The summed E-state index contributed by atoms with van der Waals surface area (Å²) in [5.41, 5.74) is 3.06. The maximum Gasteiger partial charge on any atom is 0.157 e. The summed E-state index contributed by atoms with van der Waals surface area (Å²) in [6.45, 7) is 2.21. The van der Waals surface area contributed by atoms with Crippen molar-refractivity contribution in [2.45, 2.75) is 6.42 Å². The molecule has 3 aromatic rings. The maximum absolute atomic E-state index is 4.68. The van der Waals surface area contributed by atoms with Crippen molar-refractivity contribution in [3.8, 4) is 11.3 Å². The van der Waals surface area contributed by atoms with Crippen LogP contribution in [0, 0.1) is 0 Å². The third-order valence-corrected chi connectivity index (χ3v) is 3.59. The molecular weight excluding hydrogens is 236 g/mol. The van der Waals surface area contributed by atoms with Gasteiger partial charge in [-0.15, -0.1) is 0 Å². The third-order valence-electron chi connectivity index (χ3n) is 3.59. The molecule has 19 heavy (non-hydrogen) atoms. The minimum atomic E-state index is 0.906. The van der Waals surface area contributed by atoms with Crippen LogP contribution in [0.5, 0.6) is 0 Å². The first-order chi connectivity index (χ1) is 9.42. The average molecular weight is 250 g/mol. The lowest BCUT2D eigenvalue weighted by Gasteiger charge is -2.33. The van der Waals surface area contributed by atoms with E-state index in [4.69, 9.17) is 0 Å². The van der Waals surface area contributed by atoms with Crippen molar-refractivity contribution in [1.82, 2.24) is 14.6 Å². The van der Waals surface area contributed by atoms with E-state index in [2.05, 4.69) is 33.2 Å². The Morgan fingerprint density at radius 1 is 1.00 bits per heavy atom. The van der Waals surface area contributed by atoms with Gasteiger partial charge in [-0.2, -0.15) is 9.61 Å². The summed E-state index contributed by atoms with van der Waals surface area (Å²) in [6, 6.07) is 14.4. The van der Waals surface area contributed by atoms with E-state index in [1.165, 1.54) is 6.42 Å². The summed E-state index contributed by atoms with van der Waals surface area (Å²) in [4.78, 5) is 7.02. The molecule has 0 radical (unpaired) electrons. The largest absolute Gasteiger partial charge is 0.356 e. The lowest BCUT2D eigenvalue weighted by molar-refractivity contribution is 0.600. The number of fused-ring (bicyclic) bond motifs is 1. The Labute approximate surface area is 111 Å². The number of rotatable bonds is 2. The van der Waals surface area contributed by atoms with Crippen molar-refractivity contribution in [3.63, 3.8) is 0 Å². The Hall–Kier alpha value is -2.36. The zero-order chi connectivity index (χ0) is 12.7. The van der Waals surface area contributed by atoms with Crippen LogP contribution in [-0.2, 0) is 0 Å². The number of hydrogen-bond donors (Lipinski definition) is 0. The van der Waals surface area contributed by atoms with Gasteiger partial charge in [0.1, 0.15) is 5.82 Å².